The van der Waals surface area contributed by atoms with E-state index in [0.717, 1.165) is 56.4 Å². The molecule has 0 bridgehead atoms. The SMILES string of the molecule is CC(C)(C)c1ccc2c(c1)C1(c3ccccc3Oc3ccc(-c4ccccc4N(c4ccc(-c5ccccc5)cc4)c4ccccc4-c4ccc(-c5ccccc5)cc4)cc31)c1cc(C(C)(C)C)ccc1-2. The first kappa shape index (κ1) is 44.0. The Hall–Kier alpha value is -8.20. The number of hydrogen-bond donors (Lipinski definition) is 0. The molecule has 0 saturated carbocycles. The highest BCUT2D eigenvalue weighted by atomic mass is 16.5. The van der Waals surface area contributed by atoms with Crippen molar-refractivity contribution in [3.63, 3.8) is 0 Å². The smallest absolute Gasteiger partial charge is 0.132 e. The quantitative estimate of drug-likeness (QED) is 0.158. The van der Waals surface area contributed by atoms with Crippen LogP contribution >= 0.6 is 0 Å². The molecule has 0 atom stereocenters. The second kappa shape index (κ2) is 17.0. The molecular weight excluding hydrogens is 859 g/mol. The lowest BCUT2D eigenvalue weighted by atomic mass is 9.64. The average Bonchev–Trinajstić information content (AvgIpc) is 3.69. The van der Waals surface area contributed by atoms with Crippen molar-refractivity contribution < 1.29 is 4.74 Å². The Labute approximate surface area is 419 Å². The zero-order valence-electron chi connectivity index (χ0n) is 41.4. The molecule has 10 aromatic carbocycles. The number of benzene rings is 10. The number of ether oxygens (including phenoxy) is 1. The summed E-state index contributed by atoms with van der Waals surface area (Å²) in [4.78, 5) is 2.46. The summed E-state index contributed by atoms with van der Waals surface area (Å²) in [6, 6.07) is 87.2. The second-order valence-corrected chi connectivity index (χ2v) is 21.3. The third kappa shape index (κ3) is 7.49. The molecule has 0 unspecified atom stereocenters. The van der Waals surface area contributed by atoms with Crippen molar-refractivity contribution in [3.8, 4) is 67.1 Å². The van der Waals surface area contributed by atoms with Crippen molar-refractivity contribution >= 4 is 17.1 Å². The van der Waals surface area contributed by atoms with Gasteiger partial charge in [-0.1, -0.05) is 236 Å². The highest BCUT2D eigenvalue weighted by molar-refractivity contribution is 5.95. The van der Waals surface area contributed by atoms with Gasteiger partial charge in [0.05, 0.1) is 16.8 Å². The van der Waals surface area contributed by atoms with Crippen LogP contribution in [0.4, 0.5) is 17.1 Å². The summed E-state index contributed by atoms with van der Waals surface area (Å²) in [5.41, 5.74) is 21.9. The largest absolute Gasteiger partial charge is 0.457 e. The first-order chi connectivity index (χ1) is 34.5. The number of para-hydroxylation sites is 3. The summed E-state index contributed by atoms with van der Waals surface area (Å²) in [5.74, 6) is 1.77. The normalized spacial score (nSPS) is 13.2. The van der Waals surface area contributed by atoms with Crippen molar-refractivity contribution in [2.24, 2.45) is 0 Å². The summed E-state index contributed by atoms with van der Waals surface area (Å²) in [6.45, 7) is 13.9. The number of hydrogen-bond acceptors (Lipinski definition) is 2. The lowest BCUT2D eigenvalue weighted by Crippen LogP contribution is -2.33. The van der Waals surface area contributed by atoms with Crippen molar-refractivity contribution in [3.05, 3.63) is 270 Å². The van der Waals surface area contributed by atoms with Crippen LogP contribution in [-0.4, -0.2) is 0 Å². The van der Waals surface area contributed by atoms with Crippen LogP contribution in [0, 0.1) is 0 Å². The zero-order chi connectivity index (χ0) is 48.5. The molecule has 0 fully saturated rings. The maximum absolute atomic E-state index is 7.04. The van der Waals surface area contributed by atoms with Crippen LogP contribution in [0.2, 0.25) is 0 Å². The van der Waals surface area contributed by atoms with E-state index in [2.05, 4.69) is 283 Å². The van der Waals surface area contributed by atoms with Gasteiger partial charge in [-0.25, -0.2) is 0 Å². The lowest BCUT2D eigenvalue weighted by Gasteiger charge is -2.40. The maximum Gasteiger partial charge on any atom is 0.132 e. The van der Waals surface area contributed by atoms with Crippen LogP contribution in [0.15, 0.2) is 237 Å². The third-order valence-electron chi connectivity index (χ3n) is 14.9. The van der Waals surface area contributed by atoms with Crippen LogP contribution in [0.25, 0.3) is 55.6 Å². The topological polar surface area (TPSA) is 12.5 Å². The van der Waals surface area contributed by atoms with Gasteiger partial charge in [-0.2, -0.15) is 0 Å². The van der Waals surface area contributed by atoms with Crippen molar-refractivity contribution in [1.82, 2.24) is 0 Å². The minimum Gasteiger partial charge on any atom is -0.457 e. The molecule has 1 aliphatic heterocycles. The fourth-order valence-electron chi connectivity index (χ4n) is 11.2. The summed E-state index contributed by atoms with van der Waals surface area (Å²) in [7, 11) is 0. The molecule has 0 N–H and O–H groups in total. The van der Waals surface area contributed by atoms with E-state index in [0.29, 0.717) is 0 Å². The lowest BCUT2D eigenvalue weighted by molar-refractivity contribution is 0.436. The number of rotatable bonds is 7. The minimum absolute atomic E-state index is 0.0567. The first-order valence-corrected chi connectivity index (χ1v) is 25.0. The van der Waals surface area contributed by atoms with E-state index in [1.165, 1.54) is 61.2 Å². The Morgan fingerprint density at radius 1 is 0.310 bits per heavy atom. The predicted octanol–water partition coefficient (Wildman–Crippen LogP) is 18.9. The Morgan fingerprint density at radius 2 is 0.732 bits per heavy atom. The Morgan fingerprint density at radius 3 is 1.28 bits per heavy atom. The van der Waals surface area contributed by atoms with E-state index in [9.17, 15) is 0 Å². The van der Waals surface area contributed by atoms with E-state index in [-0.39, 0.29) is 10.8 Å². The molecule has 1 heterocycles. The van der Waals surface area contributed by atoms with Gasteiger partial charge in [0.1, 0.15) is 11.5 Å². The molecule has 12 rings (SSSR count). The molecule has 0 aromatic heterocycles. The third-order valence-corrected chi connectivity index (χ3v) is 14.9. The van der Waals surface area contributed by atoms with E-state index < -0.39 is 5.41 Å². The Bertz CT molecular complexity index is 3550. The van der Waals surface area contributed by atoms with E-state index in [1.54, 1.807) is 0 Å². The maximum atomic E-state index is 7.04. The molecule has 71 heavy (non-hydrogen) atoms. The minimum atomic E-state index is -0.645. The van der Waals surface area contributed by atoms with E-state index in [1.807, 2.05) is 0 Å². The van der Waals surface area contributed by atoms with Gasteiger partial charge in [-0.15, -0.1) is 0 Å². The van der Waals surface area contributed by atoms with Crippen LogP contribution < -0.4 is 9.64 Å². The van der Waals surface area contributed by atoms with Crippen molar-refractivity contribution in [1.29, 1.82) is 0 Å². The highest BCUT2D eigenvalue weighted by Gasteiger charge is 2.52. The average molecular weight is 916 g/mol. The molecule has 1 spiro atoms. The molecule has 2 aliphatic rings. The standard InChI is InChI=1S/C69H57NO/c1-67(2,3)52-36-40-57-58-41-37-53(68(4,5)6)45-61(58)69(60(57)44-52)59-25-15-18-28-65(59)71-66-42-35-51(43-62(66)69)56-24-14-17-27-64(56)70(54-38-33-49(34-39-54)47-21-11-8-12-22-47)63-26-16-13-23-55(63)50-31-29-48(30-32-50)46-19-9-7-10-20-46/h7-45H,1-6H3. The summed E-state index contributed by atoms with van der Waals surface area (Å²) < 4.78 is 7.04. The fraction of sp³-hybridized carbons (Fsp3) is 0.130. The Balaban J connectivity index is 1.08. The van der Waals surface area contributed by atoms with Gasteiger partial charge in [-0.05, 0) is 120 Å². The van der Waals surface area contributed by atoms with Crippen LogP contribution in [-0.2, 0) is 16.2 Å². The van der Waals surface area contributed by atoms with E-state index in [4.69, 9.17) is 4.74 Å². The molecule has 0 amide bonds. The molecule has 0 radical (unpaired) electrons. The highest BCUT2D eigenvalue weighted by Crippen LogP contribution is 2.63. The van der Waals surface area contributed by atoms with Crippen LogP contribution in [0.5, 0.6) is 11.5 Å². The summed E-state index contributed by atoms with van der Waals surface area (Å²) in [5, 5.41) is 0. The summed E-state index contributed by atoms with van der Waals surface area (Å²) >= 11 is 0. The summed E-state index contributed by atoms with van der Waals surface area (Å²) in [6.07, 6.45) is 0. The number of nitrogens with zero attached hydrogens (tertiary/aromatic N) is 1. The van der Waals surface area contributed by atoms with Crippen LogP contribution in [0.3, 0.4) is 0 Å². The van der Waals surface area contributed by atoms with Gasteiger partial charge in [0, 0.05) is 27.9 Å². The predicted molar refractivity (Wildman–Crippen MR) is 298 cm³/mol. The molecule has 2 nitrogen and oxygen atoms in total. The molecule has 2 heteroatoms. The Kier molecular flexibility index (Phi) is 10.6. The monoisotopic (exact) mass is 915 g/mol. The van der Waals surface area contributed by atoms with Gasteiger partial charge in [-0.3, -0.25) is 0 Å². The molecular formula is C69H57NO. The number of fused-ring (bicyclic) bond motifs is 9. The van der Waals surface area contributed by atoms with Crippen molar-refractivity contribution in [2.75, 3.05) is 4.90 Å². The van der Waals surface area contributed by atoms with Gasteiger partial charge in [0.2, 0.25) is 0 Å². The first-order valence-electron chi connectivity index (χ1n) is 25.0. The zero-order valence-corrected chi connectivity index (χ0v) is 41.4. The van der Waals surface area contributed by atoms with Crippen molar-refractivity contribution in [2.45, 2.75) is 57.8 Å². The van der Waals surface area contributed by atoms with Gasteiger partial charge in [0.15, 0.2) is 0 Å². The fourth-order valence-corrected chi connectivity index (χ4v) is 11.2. The van der Waals surface area contributed by atoms with Gasteiger partial charge < -0.3 is 9.64 Å². The molecule has 1 aliphatic carbocycles. The number of anilines is 3. The van der Waals surface area contributed by atoms with E-state index >= 15 is 0 Å². The van der Waals surface area contributed by atoms with Crippen LogP contribution in [0.1, 0.15) is 74.9 Å². The second-order valence-electron chi connectivity index (χ2n) is 21.3. The van der Waals surface area contributed by atoms with Gasteiger partial charge >= 0.3 is 0 Å². The molecule has 344 valence electrons. The van der Waals surface area contributed by atoms with Gasteiger partial charge in [0.25, 0.3) is 0 Å². The molecule has 0 saturated heterocycles. The molecule has 10 aromatic rings.